The number of aromatic nitrogens is 1. The Labute approximate surface area is 178 Å². The Morgan fingerprint density at radius 1 is 1.23 bits per heavy atom. The molecule has 0 radical (unpaired) electrons. The highest BCUT2D eigenvalue weighted by atomic mass is 32.2. The molecule has 0 bridgehead atoms. The predicted octanol–water partition coefficient (Wildman–Crippen LogP) is 2.40. The largest absolute Gasteiger partial charge is 0.392 e. The van der Waals surface area contributed by atoms with Gasteiger partial charge in [0.15, 0.2) is 21.5 Å². The molecular formula is C20H23F2N3O5S. The lowest BCUT2D eigenvalue weighted by Gasteiger charge is -2.32. The first-order chi connectivity index (χ1) is 14.6. The van der Waals surface area contributed by atoms with Crippen LogP contribution < -0.4 is 5.48 Å². The molecule has 0 spiro atoms. The van der Waals surface area contributed by atoms with E-state index in [2.05, 4.69) is 10.1 Å². The van der Waals surface area contributed by atoms with Gasteiger partial charge >= 0.3 is 0 Å². The number of oxime groups is 1. The third-order valence-electron chi connectivity index (χ3n) is 5.60. The van der Waals surface area contributed by atoms with Gasteiger partial charge in [0, 0.05) is 12.7 Å². The first kappa shape index (κ1) is 23.2. The molecule has 3 rings (SSSR count). The molecule has 3 N–H and O–H groups in total. The number of sulfone groups is 1. The Morgan fingerprint density at radius 3 is 2.35 bits per heavy atom. The Kier molecular flexibility index (Phi) is 6.70. The van der Waals surface area contributed by atoms with Crippen LogP contribution in [0, 0.1) is 11.6 Å². The van der Waals surface area contributed by atoms with Crippen LogP contribution in [-0.2, 0) is 14.7 Å². The maximum atomic E-state index is 13.9. The highest BCUT2D eigenvalue weighted by molar-refractivity contribution is 7.92. The summed E-state index contributed by atoms with van der Waals surface area (Å²) in [4.78, 5) is 8.86. The topological polar surface area (TPSA) is 121 Å². The van der Waals surface area contributed by atoms with E-state index in [-0.39, 0.29) is 18.4 Å². The summed E-state index contributed by atoms with van der Waals surface area (Å²) in [7, 11) is -3.70. The van der Waals surface area contributed by atoms with Gasteiger partial charge in [-0.05, 0) is 30.9 Å². The van der Waals surface area contributed by atoms with Crippen LogP contribution in [0.25, 0.3) is 11.1 Å². The zero-order valence-corrected chi connectivity index (χ0v) is 17.7. The second kappa shape index (κ2) is 8.95. The molecular weight excluding hydrogens is 432 g/mol. The summed E-state index contributed by atoms with van der Waals surface area (Å²) in [6, 6.07) is 6.46. The number of hydrogen-bond acceptors (Lipinski definition) is 8. The van der Waals surface area contributed by atoms with E-state index < -0.39 is 38.6 Å². The quantitative estimate of drug-likeness (QED) is 0.413. The number of halogens is 2. The molecule has 11 heteroatoms. The summed E-state index contributed by atoms with van der Waals surface area (Å²) in [6.45, 7) is 1.34. The Hall–Kier alpha value is -2.47. The van der Waals surface area contributed by atoms with Gasteiger partial charge in [-0.1, -0.05) is 29.4 Å². The van der Waals surface area contributed by atoms with Gasteiger partial charge < -0.3 is 15.2 Å². The smallest absolute Gasteiger partial charge is 0.156 e. The number of pyridine rings is 1. The highest BCUT2D eigenvalue weighted by Gasteiger charge is 2.43. The molecule has 0 fully saturated rings. The molecule has 0 saturated heterocycles. The molecule has 8 nitrogen and oxygen atoms in total. The molecule has 2 aromatic rings. The molecule has 3 atom stereocenters. The normalized spacial score (nSPS) is 19.4. The van der Waals surface area contributed by atoms with Crippen molar-refractivity contribution in [2.45, 2.75) is 43.3 Å². The molecule has 0 amide bonds. The van der Waals surface area contributed by atoms with Gasteiger partial charge in [-0.25, -0.2) is 17.2 Å². The maximum absolute atomic E-state index is 13.9. The molecule has 1 unspecified atom stereocenters. The van der Waals surface area contributed by atoms with Crippen molar-refractivity contribution in [3.8, 4) is 11.1 Å². The number of aliphatic hydroxyl groups is 1. The van der Waals surface area contributed by atoms with Crippen LogP contribution in [0.4, 0.5) is 8.78 Å². The molecule has 1 aromatic carbocycles. The first-order valence-corrected chi connectivity index (χ1v) is 11.4. The number of rotatable bonds is 8. The van der Waals surface area contributed by atoms with Crippen LogP contribution in [-0.4, -0.2) is 52.8 Å². The van der Waals surface area contributed by atoms with Crippen molar-refractivity contribution in [1.29, 1.82) is 0 Å². The van der Waals surface area contributed by atoms with Crippen LogP contribution in [0.3, 0.4) is 0 Å². The van der Waals surface area contributed by atoms with E-state index >= 15 is 0 Å². The van der Waals surface area contributed by atoms with Gasteiger partial charge in [-0.2, -0.15) is 5.48 Å². The Bertz CT molecular complexity index is 1060. The van der Waals surface area contributed by atoms with E-state index in [0.29, 0.717) is 23.3 Å². The van der Waals surface area contributed by atoms with Crippen LogP contribution >= 0.6 is 0 Å². The van der Waals surface area contributed by atoms with E-state index in [1.807, 2.05) is 0 Å². The van der Waals surface area contributed by atoms with Gasteiger partial charge in [0.2, 0.25) is 0 Å². The van der Waals surface area contributed by atoms with Crippen LogP contribution in [0.5, 0.6) is 0 Å². The van der Waals surface area contributed by atoms with E-state index in [9.17, 15) is 22.3 Å². The summed E-state index contributed by atoms with van der Waals surface area (Å²) in [6.07, 6.45) is 1.47. The predicted molar refractivity (Wildman–Crippen MR) is 109 cm³/mol. The van der Waals surface area contributed by atoms with Crippen LogP contribution in [0.15, 0.2) is 41.8 Å². The number of hydrogen-bond donors (Lipinski definition) is 3. The van der Waals surface area contributed by atoms with Gasteiger partial charge in [-0.15, -0.1) is 0 Å². The fraction of sp³-hybridized carbons (Fsp3) is 0.400. The third-order valence-corrected chi connectivity index (χ3v) is 7.73. The minimum absolute atomic E-state index is 0.0214. The van der Waals surface area contributed by atoms with Crippen molar-refractivity contribution in [2.75, 3.05) is 6.26 Å². The zero-order valence-electron chi connectivity index (χ0n) is 16.9. The van der Waals surface area contributed by atoms with Crippen molar-refractivity contribution < 1.29 is 32.3 Å². The molecule has 168 valence electrons. The molecule has 0 saturated carbocycles. The van der Waals surface area contributed by atoms with Crippen molar-refractivity contribution >= 4 is 15.5 Å². The number of nitrogens with zero attached hydrogens (tertiary/aromatic N) is 2. The van der Waals surface area contributed by atoms with Gasteiger partial charge in [0.1, 0.15) is 17.1 Å². The van der Waals surface area contributed by atoms with Gasteiger partial charge in [0.05, 0.1) is 23.7 Å². The summed E-state index contributed by atoms with van der Waals surface area (Å²) < 4.78 is 50.4. The van der Waals surface area contributed by atoms with E-state index in [1.165, 1.54) is 6.92 Å². The standard InChI is InChI=1S/C20H23F2N3O5S/c1-20(19(26)24-27,31(2,28)29)8-7-14-9-17(25-30-14)12-3-5-13(6-4-12)18-15(21)10-23-11-16(18)22/h3-6,10-11,14,19,24,26-27H,7-9H2,1-2H3/t14-,19?,20+/m0/s1. The Balaban J connectivity index is 1.67. The third kappa shape index (κ3) is 4.74. The summed E-state index contributed by atoms with van der Waals surface area (Å²) >= 11 is 0. The van der Waals surface area contributed by atoms with Crippen LogP contribution in [0.2, 0.25) is 0 Å². The summed E-state index contributed by atoms with van der Waals surface area (Å²) in [5.41, 5.74) is 3.09. The van der Waals surface area contributed by atoms with Crippen molar-refractivity contribution in [3.05, 3.63) is 53.9 Å². The first-order valence-electron chi connectivity index (χ1n) is 9.46. The second-order valence-electron chi connectivity index (χ2n) is 7.68. The summed E-state index contributed by atoms with van der Waals surface area (Å²) in [5, 5.41) is 22.9. The Morgan fingerprint density at radius 2 is 1.81 bits per heavy atom. The van der Waals surface area contributed by atoms with E-state index in [1.54, 1.807) is 29.7 Å². The monoisotopic (exact) mass is 455 g/mol. The minimum atomic E-state index is -3.70. The van der Waals surface area contributed by atoms with Crippen LogP contribution in [0.1, 0.15) is 31.7 Å². The maximum Gasteiger partial charge on any atom is 0.156 e. The fourth-order valence-electron chi connectivity index (χ4n) is 3.38. The molecule has 1 aliphatic heterocycles. The average Bonchev–Trinajstić information content (AvgIpc) is 3.20. The number of benzene rings is 1. The number of nitrogens with one attached hydrogen (secondary N) is 1. The van der Waals surface area contributed by atoms with Crippen molar-refractivity contribution in [3.63, 3.8) is 0 Å². The average molecular weight is 455 g/mol. The van der Waals surface area contributed by atoms with E-state index in [0.717, 1.165) is 18.6 Å². The van der Waals surface area contributed by atoms with Gasteiger partial charge in [0.25, 0.3) is 0 Å². The number of aliphatic hydroxyl groups excluding tert-OH is 1. The molecule has 1 aromatic heterocycles. The second-order valence-corrected chi connectivity index (χ2v) is 10.2. The van der Waals surface area contributed by atoms with E-state index in [4.69, 9.17) is 10.0 Å². The van der Waals surface area contributed by atoms with Crippen molar-refractivity contribution in [1.82, 2.24) is 10.5 Å². The van der Waals surface area contributed by atoms with Crippen molar-refractivity contribution in [2.24, 2.45) is 5.16 Å². The SMILES string of the molecule is C[C@@](CC[C@H]1CC(c2ccc(-c3c(F)cncc3F)cc2)=NO1)(C(O)NO)S(C)(=O)=O. The fourth-order valence-corrected chi connectivity index (χ4v) is 4.33. The molecule has 2 heterocycles. The molecule has 1 aliphatic rings. The highest BCUT2D eigenvalue weighted by Crippen LogP contribution is 2.30. The lowest BCUT2D eigenvalue weighted by molar-refractivity contribution is -0.0262. The van der Waals surface area contributed by atoms with Gasteiger partial charge in [-0.3, -0.25) is 4.98 Å². The lowest BCUT2D eigenvalue weighted by Crippen LogP contribution is -2.53. The minimum Gasteiger partial charge on any atom is -0.392 e. The summed E-state index contributed by atoms with van der Waals surface area (Å²) in [5.74, 6) is -1.52. The lowest BCUT2D eigenvalue weighted by atomic mass is 9.96. The molecule has 0 aliphatic carbocycles. The molecule has 31 heavy (non-hydrogen) atoms. The number of hydroxylamine groups is 1. The zero-order chi connectivity index (χ0) is 22.8.